The van der Waals surface area contributed by atoms with Crippen LogP contribution in [0.1, 0.15) is 11.3 Å². The maximum absolute atomic E-state index is 5.79. The Morgan fingerprint density at radius 3 is 2.55 bits per heavy atom. The Balaban J connectivity index is 1.85. The molecule has 1 heterocycles. The molecule has 1 aromatic heterocycles. The van der Waals surface area contributed by atoms with Gasteiger partial charge in [0.15, 0.2) is 0 Å². The molecule has 2 aromatic carbocycles. The minimum Gasteiger partial charge on any atom is -0.457 e. The van der Waals surface area contributed by atoms with Crippen LogP contribution in [0, 0.1) is 3.57 Å². The molecular formula is C17H14INO. The third-order valence-electron chi connectivity index (χ3n) is 3.14. The molecule has 0 spiro atoms. The number of benzene rings is 2. The number of hydrogen-bond acceptors (Lipinski definition) is 2. The summed E-state index contributed by atoms with van der Waals surface area (Å²) in [5, 5.41) is 4.25. The summed E-state index contributed by atoms with van der Waals surface area (Å²) >= 11 is 2.31. The summed E-state index contributed by atoms with van der Waals surface area (Å²) in [5.74, 6) is 0.875. The van der Waals surface area contributed by atoms with Crippen molar-refractivity contribution in [3.05, 3.63) is 63.4 Å². The molecular weight excluding hydrogens is 361 g/mol. The zero-order valence-corrected chi connectivity index (χ0v) is 13.2. The molecule has 0 unspecified atom stereocenters. The van der Waals surface area contributed by atoms with Gasteiger partial charge in [-0.3, -0.25) is 0 Å². The molecule has 100 valence electrons. The van der Waals surface area contributed by atoms with Crippen LogP contribution < -0.4 is 5.32 Å². The molecule has 3 rings (SSSR count). The molecule has 3 heteroatoms. The highest BCUT2D eigenvalue weighted by Gasteiger charge is 2.01. The maximum Gasteiger partial charge on any atom is 0.134 e. The highest BCUT2D eigenvalue weighted by atomic mass is 127. The van der Waals surface area contributed by atoms with Gasteiger partial charge in [0.1, 0.15) is 11.3 Å². The highest BCUT2D eigenvalue weighted by Crippen LogP contribution is 2.23. The fourth-order valence-electron chi connectivity index (χ4n) is 2.06. The molecule has 0 aliphatic carbocycles. The van der Waals surface area contributed by atoms with Gasteiger partial charge in [0.25, 0.3) is 0 Å². The molecule has 3 aromatic rings. The quantitative estimate of drug-likeness (QED) is 0.633. The lowest BCUT2D eigenvalue weighted by molar-refractivity contribution is 0.604. The second-order valence-electron chi connectivity index (χ2n) is 4.54. The summed E-state index contributed by atoms with van der Waals surface area (Å²) in [7, 11) is 1.92. The first-order valence-electron chi connectivity index (χ1n) is 6.39. The molecule has 0 aliphatic heterocycles. The monoisotopic (exact) mass is 375 g/mol. The van der Waals surface area contributed by atoms with E-state index in [4.69, 9.17) is 4.42 Å². The van der Waals surface area contributed by atoms with E-state index < -0.39 is 0 Å². The van der Waals surface area contributed by atoms with Crippen molar-refractivity contribution in [2.24, 2.45) is 0 Å². The second kappa shape index (κ2) is 5.71. The Labute approximate surface area is 131 Å². The Morgan fingerprint density at radius 2 is 1.80 bits per heavy atom. The van der Waals surface area contributed by atoms with Gasteiger partial charge in [-0.25, -0.2) is 0 Å². The molecule has 2 nitrogen and oxygen atoms in total. The average Bonchev–Trinajstić information content (AvgIpc) is 2.87. The van der Waals surface area contributed by atoms with Crippen LogP contribution in [0.3, 0.4) is 0 Å². The smallest absolute Gasteiger partial charge is 0.134 e. The summed E-state index contributed by atoms with van der Waals surface area (Å²) < 4.78 is 7.00. The fraction of sp³-hybridized carbons (Fsp3) is 0.0588. The van der Waals surface area contributed by atoms with E-state index in [0.717, 1.165) is 28.0 Å². The van der Waals surface area contributed by atoms with Gasteiger partial charge in [-0.15, -0.1) is 0 Å². The van der Waals surface area contributed by atoms with Gasteiger partial charge in [0.2, 0.25) is 0 Å². The molecule has 0 radical (unpaired) electrons. The number of nitrogens with one attached hydrogen (secondary N) is 1. The number of rotatable bonds is 3. The van der Waals surface area contributed by atoms with Crippen LogP contribution in [0.15, 0.2) is 52.9 Å². The molecule has 0 bridgehead atoms. The van der Waals surface area contributed by atoms with Gasteiger partial charge in [-0.2, -0.15) is 0 Å². The van der Waals surface area contributed by atoms with E-state index in [2.05, 4.69) is 76.4 Å². The van der Waals surface area contributed by atoms with Crippen molar-refractivity contribution in [3.8, 4) is 0 Å². The first-order valence-corrected chi connectivity index (χ1v) is 7.47. The van der Waals surface area contributed by atoms with Crippen molar-refractivity contribution in [1.82, 2.24) is 0 Å². The predicted molar refractivity (Wildman–Crippen MR) is 93.8 cm³/mol. The van der Waals surface area contributed by atoms with Crippen LogP contribution in [-0.2, 0) is 0 Å². The lowest BCUT2D eigenvalue weighted by Gasteiger charge is -1.98. The molecule has 1 N–H and O–H groups in total. The first kappa shape index (κ1) is 13.2. The van der Waals surface area contributed by atoms with E-state index in [1.807, 2.05) is 19.2 Å². The third-order valence-corrected chi connectivity index (χ3v) is 3.81. The highest BCUT2D eigenvalue weighted by molar-refractivity contribution is 14.1. The van der Waals surface area contributed by atoms with E-state index in [1.165, 1.54) is 3.57 Å². The summed E-state index contributed by atoms with van der Waals surface area (Å²) in [6, 6.07) is 16.5. The number of anilines is 1. The van der Waals surface area contributed by atoms with Crippen LogP contribution in [0.25, 0.3) is 23.1 Å². The molecule has 0 saturated carbocycles. The minimum atomic E-state index is 0.875. The van der Waals surface area contributed by atoms with E-state index in [0.29, 0.717) is 0 Å². The van der Waals surface area contributed by atoms with Gasteiger partial charge < -0.3 is 9.73 Å². The Morgan fingerprint density at radius 1 is 1.00 bits per heavy atom. The van der Waals surface area contributed by atoms with Crippen LogP contribution in [0.2, 0.25) is 0 Å². The van der Waals surface area contributed by atoms with E-state index in [1.54, 1.807) is 0 Å². The SMILES string of the molecule is CNc1ccc(/C=C/c2cc3cc(I)ccc3o2)cc1. The zero-order chi connectivity index (χ0) is 13.9. The molecule has 0 atom stereocenters. The fourth-order valence-corrected chi connectivity index (χ4v) is 2.57. The summed E-state index contributed by atoms with van der Waals surface area (Å²) in [5.41, 5.74) is 3.19. The standard InChI is InChI=1S/C17H14INO/c1-19-15-6-2-12(3-7-15)4-8-16-11-13-10-14(18)5-9-17(13)20-16/h2-11,19H,1H3/b8-4+. The molecule has 20 heavy (non-hydrogen) atoms. The topological polar surface area (TPSA) is 25.2 Å². The van der Waals surface area contributed by atoms with Gasteiger partial charge in [0, 0.05) is 21.7 Å². The van der Waals surface area contributed by atoms with Crippen molar-refractivity contribution in [2.45, 2.75) is 0 Å². The van der Waals surface area contributed by atoms with Gasteiger partial charge in [-0.05, 0) is 70.6 Å². The number of hydrogen-bond donors (Lipinski definition) is 1. The largest absolute Gasteiger partial charge is 0.457 e. The average molecular weight is 375 g/mol. The second-order valence-corrected chi connectivity index (χ2v) is 5.78. The Bertz CT molecular complexity index is 756. The maximum atomic E-state index is 5.79. The van der Waals surface area contributed by atoms with Crippen LogP contribution in [-0.4, -0.2) is 7.05 Å². The normalized spacial score (nSPS) is 11.3. The minimum absolute atomic E-state index is 0.875. The molecule has 0 saturated heterocycles. The summed E-state index contributed by atoms with van der Waals surface area (Å²) in [4.78, 5) is 0. The first-order chi connectivity index (χ1) is 9.74. The number of fused-ring (bicyclic) bond motifs is 1. The van der Waals surface area contributed by atoms with Crippen LogP contribution in [0.4, 0.5) is 5.69 Å². The molecule has 0 amide bonds. The number of furan rings is 1. The zero-order valence-electron chi connectivity index (χ0n) is 11.1. The lowest BCUT2D eigenvalue weighted by Crippen LogP contribution is -1.86. The van der Waals surface area contributed by atoms with Crippen molar-refractivity contribution < 1.29 is 4.42 Å². The summed E-state index contributed by atoms with van der Waals surface area (Å²) in [6.45, 7) is 0. The van der Waals surface area contributed by atoms with Crippen molar-refractivity contribution >= 4 is 51.4 Å². The van der Waals surface area contributed by atoms with Gasteiger partial charge >= 0.3 is 0 Å². The van der Waals surface area contributed by atoms with Crippen molar-refractivity contribution in [2.75, 3.05) is 12.4 Å². The molecule has 0 fully saturated rings. The Kier molecular flexibility index (Phi) is 3.78. The third kappa shape index (κ3) is 2.88. The van der Waals surface area contributed by atoms with Crippen LogP contribution >= 0.6 is 22.6 Å². The number of halogens is 1. The van der Waals surface area contributed by atoms with E-state index in [9.17, 15) is 0 Å². The van der Waals surface area contributed by atoms with E-state index >= 15 is 0 Å². The van der Waals surface area contributed by atoms with Crippen molar-refractivity contribution in [3.63, 3.8) is 0 Å². The van der Waals surface area contributed by atoms with Gasteiger partial charge in [0.05, 0.1) is 0 Å². The van der Waals surface area contributed by atoms with E-state index in [-0.39, 0.29) is 0 Å². The molecule has 0 aliphatic rings. The Hall–Kier alpha value is -1.75. The van der Waals surface area contributed by atoms with Gasteiger partial charge in [-0.1, -0.05) is 18.2 Å². The summed E-state index contributed by atoms with van der Waals surface area (Å²) in [6.07, 6.45) is 4.06. The lowest BCUT2D eigenvalue weighted by atomic mass is 10.2. The predicted octanol–water partition coefficient (Wildman–Crippen LogP) is 5.25. The van der Waals surface area contributed by atoms with Crippen molar-refractivity contribution in [1.29, 1.82) is 0 Å². The van der Waals surface area contributed by atoms with Crippen LogP contribution in [0.5, 0.6) is 0 Å².